The van der Waals surface area contributed by atoms with Crippen LogP contribution < -0.4 is 15.4 Å². The van der Waals surface area contributed by atoms with Gasteiger partial charge >= 0.3 is 6.18 Å². The van der Waals surface area contributed by atoms with Gasteiger partial charge in [-0.3, -0.25) is 9.79 Å². The van der Waals surface area contributed by atoms with Gasteiger partial charge in [0.2, 0.25) is 5.91 Å². The van der Waals surface area contributed by atoms with Gasteiger partial charge in [-0.2, -0.15) is 13.2 Å². The van der Waals surface area contributed by atoms with E-state index < -0.39 is 12.8 Å². The highest BCUT2D eigenvalue weighted by Gasteiger charge is 2.28. The van der Waals surface area contributed by atoms with Crippen LogP contribution in [0.1, 0.15) is 38.2 Å². The second-order valence-corrected chi connectivity index (χ2v) is 7.08. The van der Waals surface area contributed by atoms with Crippen molar-refractivity contribution in [3.63, 3.8) is 0 Å². The summed E-state index contributed by atoms with van der Waals surface area (Å²) < 4.78 is 41.2. The summed E-state index contributed by atoms with van der Waals surface area (Å²) in [6.45, 7) is 2.53. The molecular weight excluding hydrogens is 512 g/mol. The number of halogens is 4. The average molecular weight is 542 g/mol. The number of benzene rings is 1. The number of nitrogens with zero attached hydrogens (tertiary/aromatic N) is 2. The van der Waals surface area contributed by atoms with Crippen LogP contribution >= 0.6 is 24.0 Å². The van der Waals surface area contributed by atoms with E-state index in [4.69, 9.17) is 0 Å². The standard InChI is InChI=1S/C20H29F3N4O2.HI/c1-15-5-3-4-12-27(15)18(28)10-11-25-19(24-2)26-13-16-6-8-17(9-7-16)29-14-20(21,22)23;/h6-9,15H,3-5,10-14H2,1-2H3,(H2,24,25,26);1H. The Morgan fingerprint density at radius 3 is 2.53 bits per heavy atom. The van der Waals surface area contributed by atoms with Gasteiger partial charge in [-0.25, -0.2) is 0 Å². The summed E-state index contributed by atoms with van der Waals surface area (Å²) in [7, 11) is 1.64. The van der Waals surface area contributed by atoms with Gasteiger partial charge in [0, 0.05) is 39.1 Å². The fourth-order valence-corrected chi connectivity index (χ4v) is 3.18. The number of aliphatic imine (C=N–C) groups is 1. The van der Waals surface area contributed by atoms with E-state index in [1.807, 2.05) is 4.90 Å². The average Bonchev–Trinajstić information content (AvgIpc) is 2.69. The zero-order valence-electron chi connectivity index (χ0n) is 17.3. The third-order valence-electron chi connectivity index (χ3n) is 4.76. The van der Waals surface area contributed by atoms with Crippen molar-refractivity contribution in [1.29, 1.82) is 0 Å². The maximum atomic E-state index is 12.3. The highest BCUT2D eigenvalue weighted by Crippen LogP contribution is 2.19. The zero-order valence-corrected chi connectivity index (χ0v) is 19.6. The lowest BCUT2D eigenvalue weighted by Crippen LogP contribution is -2.44. The highest BCUT2D eigenvalue weighted by molar-refractivity contribution is 14.0. The molecule has 1 aliphatic rings. The SMILES string of the molecule is CN=C(NCCC(=O)N1CCCCC1C)NCc1ccc(OCC(F)(F)F)cc1.I. The number of alkyl halides is 3. The maximum Gasteiger partial charge on any atom is 0.422 e. The second kappa shape index (κ2) is 12.9. The Hall–Kier alpha value is -1.72. The fraction of sp³-hybridized carbons (Fsp3) is 0.600. The highest BCUT2D eigenvalue weighted by atomic mass is 127. The van der Waals surface area contributed by atoms with Crippen molar-refractivity contribution in [3.05, 3.63) is 29.8 Å². The van der Waals surface area contributed by atoms with Crippen LogP contribution in [0, 0.1) is 0 Å². The minimum atomic E-state index is -4.36. The molecule has 1 unspecified atom stereocenters. The normalized spacial score (nSPS) is 17.2. The first-order valence-corrected chi connectivity index (χ1v) is 9.81. The van der Waals surface area contributed by atoms with Crippen LogP contribution in [-0.4, -0.2) is 55.7 Å². The smallest absolute Gasteiger partial charge is 0.422 e. The van der Waals surface area contributed by atoms with E-state index in [2.05, 4.69) is 27.3 Å². The molecule has 6 nitrogen and oxygen atoms in total. The summed E-state index contributed by atoms with van der Waals surface area (Å²) in [5, 5.41) is 6.23. The van der Waals surface area contributed by atoms with Gasteiger partial charge in [0.25, 0.3) is 0 Å². The van der Waals surface area contributed by atoms with Crippen molar-refractivity contribution in [3.8, 4) is 5.75 Å². The Morgan fingerprint density at radius 1 is 1.23 bits per heavy atom. The summed E-state index contributed by atoms with van der Waals surface area (Å²) in [6, 6.07) is 6.67. The van der Waals surface area contributed by atoms with E-state index in [0.29, 0.717) is 31.5 Å². The number of hydrogen-bond donors (Lipinski definition) is 2. The van der Waals surface area contributed by atoms with Crippen molar-refractivity contribution in [2.45, 2.75) is 51.4 Å². The third-order valence-corrected chi connectivity index (χ3v) is 4.76. The predicted molar refractivity (Wildman–Crippen MR) is 121 cm³/mol. The molecule has 0 aliphatic carbocycles. The van der Waals surface area contributed by atoms with Gasteiger partial charge in [0.05, 0.1) is 0 Å². The first-order chi connectivity index (χ1) is 13.8. The van der Waals surface area contributed by atoms with Crippen molar-refractivity contribution in [2.24, 2.45) is 4.99 Å². The Labute approximate surface area is 192 Å². The van der Waals surface area contributed by atoms with Gasteiger partial charge < -0.3 is 20.3 Å². The number of amides is 1. The Morgan fingerprint density at radius 2 is 1.93 bits per heavy atom. The lowest BCUT2D eigenvalue weighted by atomic mass is 10.0. The molecular formula is C20H30F3IN4O2. The molecule has 1 heterocycles. The summed E-state index contributed by atoms with van der Waals surface area (Å²) >= 11 is 0. The molecule has 2 N–H and O–H groups in total. The van der Waals surface area contributed by atoms with E-state index in [9.17, 15) is 18.0 Å². The Bertz CT molecular complexity index is 684. The molecule has 0 radical (unpaired) electrons. The molecule has 1 aromatic rings. The van der Waals surface area contributed by atoms with Crippen LogP contribution in [0.4, 0.5) is 13.2 Å². The number of carbonyl (C=O) groups is 1. The van der Waals surface area contributed by atoms with Crippen molar-refractivity contribution in [1.82, 2.24) is 15.5 Å². The fourth-order valence-electron chi connectivity index (χ4n) is 3.18. The lowest BCUT2D eigenvalue weighted by molar-refractivity contribution is -0.153. The molecule has 1 aromatic carbocycles. The van der Waals surface area contributed by atoms with E-state index in [1.165, 1.54) is 18.6 Å². The van der Waals surface area contributed by atoms with Crippen LogP contribution in [0.25, 0.3) is 0 Å². The molecule has 1 aliphatic heterocycles. The molecule has 1 fully saturated rings. The van der Waals surface area contributed by atoms with Gasteiger partial charge in [-0.15, -0.1) is 24.0 Å². The molecule has 0 aromatic heterocycles. The summed E-state index contributed by atoms with van der Waals surface area (Å²) in [5.74, 6) is 0.871. The molecule has 1 atom stereocenters. The van der Waals surface area contributed by atoms with Gasteiger partial charge in [-0.1, -0.05) is 12.1 Å². The molecule has 170 valence electrons. The number of rotatable bonds is 7. The number of likely N-dealkylation sites (tertiary alicyclic amines) is 1. The number of hydrogen-bond acceptors (Lipinski definition) is 3. The van der Waals surface area contributed by atoms with Crippen molar-refractivity contribution < 1.29 is 22.7 Å². The van der Waals surface area contributed by atoms with Crippen LogP contribution in [0.5, 0.6) is 5.75 Å². The van der Waals surface area contributed by atoms with Crippen LogP contribution in [-0.2, 0) is 11.3 Å². The molecule has 1 saturated heterocycles. The number of guanidine groups is 1. The molecule has 0 bridgehead atoms. The maximum absolute atomic E-state index is 12.3. The number of nitrogens with one attached hydrogen (secondary N) is 2. The largest absolute Gasteiger partial charge is 0.484 e. The molecule has 1 amide bonds. The van der Waals surface area contributed by atoms with Gasteiger partial charge in [-0.05, 0) is 43.9 Å². The topological polar surface area (TPSA) is 66.0 Å². The van der Waals surface area contributed by atoms with Crippen LogP contribution in [0.2, 0.25) is 0 Å². The molecule has 2 rings (SSSR count). The van der Waals surface area contributed by atoms with E-state index in [0.717, 1.165) is 24.9 Å². The number of piperidine rings is 1. The quantitative estimate of drug-likeness (QED) is 0.314. The van der Waals surface area contributed by atoms with Crippen LogP contribution in [0.15, 0.2) is 29.3 Å². The summed E-state index contributed by atoms with van der Waals surface area (Å²) in [4.78, 5) is 18.4. The predicted octanol–water partition coefficient (Wildman–Crippen LogP) is 3.70. The Kier molecular flexibility index (Phi) is 11.3. The minimum absolute atomic E-state index is 0. The second-order valence-electron chi connectivity index (χ2n) is 7.08. The van der Waals surface area contributed by atoms with E-state index in [1.54, 1.807) is 19.2 Å². The summed E-state index contributed by atoms with van der Waals surface area (Å²) in [6.07, 6.45) is -0.660. The minimum Gasteiger partial charge on any atom is -0.484 e. The van der Waals surface area contributed by atoms with Crippen molar-refractivity contribution >= 4 is 35.8 Å². The third kappa shape index (κ3) is 9.40. The summed E-state index contributed by atoms with van der Waals surface area (Å²) in [5.41, 5.74) is 0.866. The zero-order chi connectivity index (χ0) is 21.3. The lowest BCUT2D eigenvalue weighted by Gasteiger charge is -2.33. The van der Waals surface area contributed by atoms with Crippen molar-refractivity contribution in [2.75, 3.05) is 26.7 Å². The molecule has 30 heavy (non-hydrogen) atoms. The van der Waals surface area contributed by atoms with E-state index >= 15 is 0 Å². The number of carbonyl (C=O) groups excluding carboxylic acids is 1. The first-order valence-electron chi connectivity index (χ1n) is 9.81. The Balaban J connectivity index is 0.00000450. The van der Waals surface area contributed by atoms with Crippen LogP contribution in [0.3, 0.4) is 0 Å². The van der Waals surface area contributed by atoms with Gasteiger partial charge in [0.1, 0.15) is 5.75 Å². The van der Waals surface area contributed by atoms with E-state index in [-0.39, 0.29) is 35.6 Å². The molecule has 0 spiro atoms. The first kappa shape index (κ1) is 26.3. The monoisotopic (exact) mass is 542 g/mol. The molecule has 0 saturated carbocycles. The van der Waals surface area contributed by atoms with Gasteiger partial charge in [0.15, 0.2) is 12.6 Å². The molecule has 10 heteroatoms. The number of ether oxygens (including phenoxy) is 1.